The van der Waals surface area contributed by atoms with Crippen molar-refractivity contribution < 1.29 is 32.2 Å². The second-order valence-electron chi connectivity index (χ2n) is 7.31. The van der Waals surface area contributed by atoms with E-state index in [4.69, 9.17) is 14.2 Å². The minimum atomic E-state index is -3.90. The van der Waals surface area contributed by atoms with Gasteiger partial charge >= 0.3 is 11.9 Å². The number of esters is 2. The molecule has 9 heteroatoms. The van der Waals surface area contributed by atoms with Crippen molar-refractivity contribution in [2.75, 3.05) is 20.3 Å². The van der Waals surface area contributed by atoms with E-state index >= 15 is 0 Å². The van der Waals surface area contributed by atoms with Crippen LogP contribution in [0.2, 0.25) is 0 Å². The number of methoxy groups -OCH3 is 1. The summed E-state index contributed by atoms with van der Waals surface area (Å²) in [5.74, 6) is -0.328. The van der Waals surface area contributed by atoms with E-state index in [-0.39, 0.29) is 31.1 Å². The van der Waals surface area contributed by atoms with E-state index in [1.165, 1.54) is 22.5 Å². The lowest BCUT2D eigenvalue weighted by Gasteiger charge is -2.23. The SMILES string of the molecule is CCOC(=O)/C=C/c1ccc2c(c1)S(=O)(=O)N(Cc1ccc(OC)cc1)[C@H]2CC(=O)OCC. The molecule has 0 radical (unpaired) electrons. The van der Waals surface area contributed by atoms with Gasteiger partial charge in [0.2, 0.25) is 10.0 Å². The molecule has 8 nitrogen and oxygen atoms in total. The lowest BCUT2D eigenvalue weighted by Crippen LogP contribution is -2.29. The van der Waals surface area contributed by atoms with Crippen LogP contribution in [0.5, 0.6) is 5.75 Å². The fourth-order valence-corrected chi connectivity index (χ4v) is 5.53. The van der Waals surface area contributed by atoms with E-state index in [0.29, 0.717) is 16.9 Å². The predicted molar refractivity (Wildman–Crippen MR) is 122 cm³/mol. The molecule has 0 spiro atoms. The number of hydrogen-bond acceptors (Lipinski definition) is 7. The highest BCUT2D eigenvalue weighted by Gasteiger charge is 2.43. The lowest BCUT2D eigenvalue weighted by molar-refractivity contribution is -0.144. The Labute approximate surface area is 193 Å². The molecular weight excluding hydrogens is 446 g/mol. The summed E-state index contributed by atoms with van der Waals surface area (Å²) in [6.07, 6.45) is 2.65. The third-order valence-electron chi connectivity index (χ3n) is 5.19. The van der Waals surface area contributed by atoms with Gasteiger partial charge < -0.3 is 14.2 Å². The summed E-state index contributed by atoms with van der Waals surface area (Å²) in [5.41, 5.74) is 1.81. The molecule has 33 heavy (non-hydrogen) atoms. The topological polar surface area (TPSA) is 99.2 Å². The summed E-state index contributed by atoms with van der Waals surface area (Å²) >= 11 is 0. The van der Waals surface area contributed by atoms with Crippen LogP contribution >= 0.6 is 0 Å². The van der Waals surface area contributed by atoms with Crippen molar-refractivity contribution in [3.05, 3.63) is 65.2 Å². The molecular formula is C24H27NO7S. The average Bonchev–Trinajstić information content (AvgIpc) is 2.99. The van der Waals surface area contributed by atoms with Gasteiger partial charge in [-0.2, -0.15) is 4.31 Å². The standard InChI is InChI=1S/C24H27NO7S/c1-4-31-23(26)13-9-17-8-12-20-21(15-24(27)32-5-2)25(33(28,29)22(20)14-17)16-18-6-10-19(30-3)11-7-18/h6-14,21H,4-5,15-16H2,1-3H3/b13-9+/t21-/m0/s1. The highest BCUT2D eigenvalue weighted by atomic mass is 32.2. The molecule has 0 amide bonds. The summed E-state index contributed by atoms with van der Waals surface area (Å²) in [7, 11) is -2.34. The second kappa shape index (κ2) is 10.6. The smallest absolute Gasteiger partial charge is 0.330 e. The molecule has 2 aromatic rings. The molecule has 3 rings (SSSR count). The van der Waals surface area contributed by atoms with Crippen LogP contribution in [0.3, 0.4) is 0 Å². The van der Waals surface area contributed by atoms with E-state index in [2.05, 4.69) is 0 Å². The third-order valence-corrected chi connectivity index (χ3v) is 7.10. The number of fused-ring (bicyclic) bond motifs is 1. The van der Waals surface area contributed by atoms with Crippen molar-refractivity contribution >= 4 is 28.0 Å². The fourth-order valence-electron chi connectivity index (χ4n) is 3.65. The highest BCUT2D eigenvalue weighted by molar-refractivity contribution is 7.89. The number of ether oxygens (including phenoxy) is 3. The number of carbonyl (C=O) groups is 2. The maximum atomic E-state index is 13.5. The first kappa shape index (κ1) is 24.5. The maximum Gasteiger partial charge on any atom is 0.330 e. The number of carbonyl (C=O) groups excluding carboxylic acids is 2. The van der Waals surface area contributed by atoms with Gasteiger partial charge in [-0.15, -0.1) is 0 Å². The van der Waals surface area contributed by atoms with E-state index in [1.807, 2.05) is 0 Å². The van der Waals surface area contributed by atoms with Gasteiger partial charge in [-0.05, 0) is 54.8 Å². The van der Waals surface area contributed by atoms with Crippen LogP contribution in [0.4, 0.5) is 0 Å². The molecule has 1 atom stereocenters. The van der Waals surface area contributed by atoms with Crippen LogP contribution in [0.25, 0.3) is 6.08 Å². The normalized spacial score (nSPS) is 17.0. The Morgan fingerprint density at radius 1 is 1.03 bits per heavy atom. The Kier molecular flexibility index (Phi) is 7.88. The van der Waals surface area contributed by atoms with Crippen LogP contribution < -0.4 is 4.74 Å². The molecule has 0 saturated carbocycles. The van der Waals surface area contributed by atoms with Crippen LogP contribution in [0.15, 0.2) is 53.4 Å². The molecule has 1 heterocycles. The molecule has 0 unspecified atom stereocenters. The van der Waals surface area contributed by atoms with Crippen molar-refractivity contribution in [2.24, 2.45) is 0 Å². The zero-order valence-corrected chi connectivity index (χ0v) is 19.6. The summed E-state index contributed by atoms with van der Waals surface area (Å²) in [4.78, 5) is 24.0. The zero-order chi connectivity index (χ0) is 24.0. The first-order chi connectivity index (χ1) is 15.8. The molecule has 0 bridgehead atoms. The van der Waals surface area contributed by atoms with E-state index in [9.17, 15) is 18.0 Å². The van der Waals surface area contributed by atoms with E-state index in [0.717, 1.165) is 5.56 Å². The number of hydrogen-bond donors (Lipinski definition) is 0. The summed E-state index contributed by atoms with van der Waals surface area (Å²) < 4.78 is 43.4. The van der Waals surface area contributed by atoms with Gasteiger partial charge in [0, 0.05) is 12.6 Å². The van der Waals surface area contributed by atoms with Crippen molar-refractivity contribution in [1.82, 2.24) is 4.31 Å². The number of nitrogens with zero attached hydrogens (tertiary/aromatic N) is 1. The molecule has 0 fully saturated rings. The second-order valence-corrected chi connectivity index (χ2v) is 9.16. The molecule has 1 aliphatic heterocycles. The third kappa shape index (κ3) is 5.61. The van der Waals surface area contributed by atoms with Crippen molar-refractivity contribution in [3.8, 4) is 5.75 Å². The minimum Gasteiger partial charge on any atom is -0.497 e. The van der Waals surface area contributed by atoms with Gasteiger partial charge in [0.25, 0.3) is 0 Å². The Morgan fingerprint density at radius 2 is 1.73 bits per heavy atom. The molecule has 1 aliphatic rings. The largest absolute Gasteiger partial charge is 0.497 e. The van der Waals surface area contributed by atoms with Gasteiger partial charge in [0.05, 0.1) is 37.7 Å². The predicted octanol–water partition coefficient (Wildman–Crippen LogP) is 3.47. The van der Waals surface area contributed by atoms with Crippen molar-refractivity contribution in [1.29, 1.82) is 0 Å². The zero-order valence-electron chi connectivity index (χ0n) is 18.8. The van der Waals surface area contributed by atoms with Crippen LogP contribution in [0, 0.1) is 0 Å². The van der Waals surface area contributed by atoms with Gasteiger partial charge in [0.15, 0.2) is 0 Å². The van der Waals surface area contributed by atoms with Crippen LogP contribution in [-0.4, -0.2) is 45.0 Å². The monoisotopic (exact) mass is 473 g/mol. The van der Waals surface area contributed by atoms with Crippen LogP contribution in [0.1, 0.15) is 43.0 Å². The highest BCUT2D eigenvalue weighted by Crippen LogP contribution is 2.43. The van der Waals surface area contributed by atoms with Gasteiger partial charge in [-0.3, -0.25) is 4.79 Å². The molecule has 2 aromatic carbocycles. The molecule has 0 aliphatic carbocycles. The van der Waals surface area contributed by atoms with Crippen molar-refractivity contribution in [3.63, 3.8) is 0 Å². The first-order valence-electron chi connectivity index (χ1n) is 10.6. The molecule has 0 N–H and O–H groups in total. The lowest BCUT2D eigenvalue weighted by atomic mass is 10.0. The van der Waals surface area contributed by atoms with Crippen molar-refractivity contribution in [2.45, 2.75) is 37.8 Å². The molecule has 176 valence electrons. The average molecular weight is 474 g/mol. The number of rotatable bonds is 9. The van der Waals surface area contributed by atoms with Gasteiger partial charge in [-0.1, -0.05) is 24.3 Å². The number of benzene rings is 2. The Hall–Kier alpha value is -3.17. The van der Waals surface area contributed by atoms with E-state index < -0.39 is 28.0 Å². The van der Waals surface area contributed by atoms with Crippen LogP contribution in [-0.2, 0) is 35.6 Å². The minimum absolute atomic E-state index is 0.0824. The fraction of sp³-hybridized carbons (Fsp3) is 0.333. The summed E-state index contributed by atoms with van der Waals surface area (Å²) in [5, 5.41) is 0. The Balaban J connectivity index is 1.97. The summed E-state index contributed by atoms with van der Waals surface area (Å²) in [6.45, 7) is 3.95. The number of sulfonamides is 1. The summed E-state index contributed by atoms with van der Waals surface area (Å²) in [6, 6.07) is 11.3. The first-order valence-corrected chi connectivity index (χ1v) is 12.0. The Bertz CT molecular complexity index is 1140. The van der Waals surface area contributed by atoms with E-state index in [1.54, 1.807) is 57.4 Å². The van der Waals surface area contributed by atoms with Gasteiger partial charge in [0.1, 0.15) is 5.75 Å². The quantitative estimate of drug-likeness (QED) is 0.406. The molecule has 0 saturated heterocycles. The molecule has 0 aromatic heterocycles. The van der Waals surface area contributed by atoms with Gasteiger partial charge in [-0.25, -0.2) is 13.2 Å². The Morgan fingerprint density at radius 3 is 2.36 bits per heavy atom. The maximum absolute atomic E-state index is 13.5.